The van der Waals surface area contributed by atoms with Crippen LogP contribution in [0.4, 0.5) is 0 Å². The summed E-state index contributed by atoms with van der Waals surface area (Å²) in [5.41, 5.74) is -0.770. The van der Waals surface area contributed by atoms with Crippen LogP contribution in [-0.2, 0) is 71.1 Å². The van der Waals surface area contributed by atoms with Crippen LogP contribution < -0.4 is 0 Å². The second-order valence-electron chi connectivity index (χ2n) is 29.8. The van der Waals surface area contributed by atoms with Crippen LogP contribution in [0.2, 0.25) is 0 Å². The van der Waals surface area contributed by atoms with Crippen molar-refractivity contribution in [2.24, 2.45) is 52.3 Å². The first kappa shape index (κ1) is 74.1. The molecule has 0 radical (unpaired) electrons. The zero-order chi connectivity index (χ0) is 69.1. The first-order chi connectivity index (χ1) is 45.6. The van der Waals surface area contributed by atoms with E-state index >= 15 is 0 Å². The summed E-state index contributed by atoms with van der Waals surface area (Å²) >= 11 is 0. The molecule has 4 saturated carbocycles. The molecule has 0 aromatic carbocycles. The Kier molecular flexibility index (Phi) is 22.5. The SMILES string of the molecule is C[C@@H]1CC[C@@]2(OC1)O[C@H]1CC3[C@@H]4CC[C@H]5C[C@@H](O[C@@H]6O[C@H](CO)[C@H](O[C@@H]7O[C@H](CO)[C@@H](O)[C@H](O[C@@H]8O[C@H](CO)[C@@H](O[C@@H]9O[C@@H](C)[C@H](O)[C@@H](O)[C@H]9O)[C@H](O)[C@H]8O)[C@H]7O[C@@H]7O[C@H](CO)[C@@H](O)[C@H](O[C@@H]8O[C@H](CO)[C@@H](O)[C@H](O)[C@H]8O)[C@H]7O)[C@H](O)[C@H]6O)CC[C@]5(C)C4CC(=O)[C@]3(C)[C@H]1[C@@H]2C. The molecule has 2 unspecified atom stereocenters. The number of carbonyl (C=O) groups is 1. The van der Waals surface area contributed by atoms with Crippen LogP contribution in [0.15, 0.2) is 0 Å². The number of carbonyl (C=O) groups excluding carboxylic acids is 1. The van der Waals surface area contributed by atoms with E-state index < -0.39 is 235 Å². The summed E-state index contributed by atoms with van der Waals surface area (Å²) in [6.07, 6.45) is -51.5. The fourth-order valence-corrected chi connectivity index (χ4v) is 18.7. The Morgan fingerprint density at radius 1 is 0.438 bits per heavy atom. The van der Waals surface area contributed by atoms with Gasteiger partial charge in [0, 0.05) is 30.1 Å². The van der Waals surface area contributed by atoms with Crippen molar-refractivity contribution in [3.8, 4) is 0 Å². The molecule has 8 heterocycles. The highest BCUT2D eigenvalue weighted by Gasteiger charge is 2.72. The van der Waals surface area contributed by atoms with Crippen LogP contribution >= 0.6 is 0 Å². The summed E-state index contributed by atoms with van der Waals surface area (Å²) in [5.74, 6) is 0.886. The second-order valence-corrected chi connectivity index (χ2v) is 29.8. The van der Waals surface area contributed by atoms with E-state index in [1.807, 2.05) is 0 Å². The number of rotatable bonds is 17. The number of ketones is 1. The molecular weight excluding hydrogens is 1280 g/mol. The third-order valence-electron chi connectivity index (χ3n) is 24.5. The first-order valence-electron chi connectivity index (χ1n) is 34.2. The van der Waals surface area contributed by atoms with Crippen LogP contribution in [0.5, 0.6) is 0 Å². The molecule has 0 bridgehead atoms. The molecule has 8 aliphatic heterocycles. The molecule has 18 N–H and O–H groups in total. The molecule has 33 heteroatoms. The number of hydrogen-bond donors (Lipinski definition) is 18. The number of fused-ring (bicyclic) bond motifs is 7. The zero-order valence-electron chi connectivity index (χ0n) is 54.3. The van der Waals surface area contributed by atoms with Crippen molar-refractivity contribution in [2.75, 3.05) is 39.6 Å². The minimum Gasteiger partial charge on any atom is -0.394 e. The molecule has 33 nitrogen and oxygen atoms in total. The zero-order valence-corrected chi connectivity index (χ0v) is 54.3. The predicted octanol–water partition coefficient (Wildman–Crippen LogP) is -7.05. The Hall–Kier alpha value is -1.61. The average molecular weight is 1390 g/mol. The summed E-state index contributed by atoms with van der Waals surface area (Å²) in [5, 5.41) is 199. The summed E-state index contributed by atoms with van der Waals surface area (Å²) in [6, 6.07) is 0. The van der Waals surface area contributed by atoms with E-state index in [4.69, 9.17) is 66.3 Å². The van der Waals surface area contributed by atoms with Gasteiger partial charge >= 0.3 is 0 Å². The van der Waals surface area contributed by atoms with E-state index in [2.05, 4.69) is 27.7 Å². The van der Waals surface area contributed by atoms with Crippen molar-refractivity contribution in [1.29, 1.82) is 0 Å². The lowest BCUT2D eigenvalue weighted by molar-refractivity contribution is -0.414. The van der Waals surface area contributed by atoms with Crippen LogP contribution in [0.1, 0.15) is 92.4 Å². The van der Waals surface area contributed by atoms with Crippen molar-refractivity contribution in [2.45, 2.75) is 295 Å². The normalized spacial score (nSPS) is 56.9. The highest BCUT2D eigenvalue weighted by Crippen LogP contribution is 2.70. The standard InChI is InChI=1S/C63H102O33/c1-21-8-11-63(83-20-21)22(2)36-29(96-63)13-28-26-7-6-24-12-25(9-10-61(24,4)27(26)14-35(69)62(28,36)5)85-56-47(80)43(76)51(34(19-68)89-56)92-60-54(95-59-49(82)52(39(72)31(16-65)87-59)93-57-46(79)42(75)38(71)30(15-64)86-57)53(40(73)32(17-66)88-60)94-58-48(81)44(77)50(33(18-67)90-58)91-55-45(78)41(74)37(70)23(3)84-55/h21-34,36-60,64-68,70-82H,6-20H2,1-5H3/t21-,22+,23+,24+,25+,26-,27?,28?,29+,30-,31-,32-,33-,34-,36+,37+,38-,39-,40-,41-,42+,43-,44-,45-,46-,47-,48-,49-,50-,51+,52+,53+,54-,55+,56-,57+,58+,59+,60+,61+,62-,63-/m1/s1. The van der Waals surface area contributed by atoms with Gasteiger partial charge in [0.05, 0.1) is 58.0 Å². The number of hydrogen-bond acceptors (Lipinski definition) is 33. The van der Waals surface area contributed by atoms with Crippen molar-refractivity contribution < 1.29 is 163 Å². The number of Topliss-reactive ketones (excluding diaryl/α,β-unsaturated/α-hetero) is 1. The van der Waals surface area contributed by atoms with Gasteiger partial charge in [0.25, 0.3) is 0 Å². The third kappa shape index (κ3) is 12.9. The quantitative estimate of drug-likeness (QED) is 0.0602. The smallest absolute Gasteiger partial charge is 0.187 e. The van der Waals surface area contributed by atoms with Gasteiger partial charge in [0.15, 0.2) is 43.5 Å². The maximum absolute atomic E-state index is 14.9. The highest BCUT2D eigenvalue weighted by atomic mass is 16.8. The van der Waals surface area contributed by atoms with E-state index in [1.54, 1.807) is 0 Å². The molecule has 42 atom stereocenters. The van der Waals surface area contributed by atoms with Crippen LogP contribution in [0.3, 0.4) is 0 Å². The summed E-state index contributed by atoms with van der Waals surface area (Å²) < 4.78 is 85.4. The predicted molar refractivity (Wildman–Crippen MR) is 313 cm³/mol. The van der Waals surface area contributed by atoms with E-state index in [0.29, 0.717) is 44.1 Å². The lowest BCUT2D eigenvalue weighted by atomic mass is 9.44. The molecular formula is C63H102O33. The van der Waals surface area contributed by atoms with E-state index in [0.717, 1.165) is 32.1 Å². The Morgan fingerprint density at radius 3 is 1.50 bits per heavy atom. The molecule has 552 valence electrons. The monoisotopic (exact) mass is 1390 g/mol. The minimum atomic E-state index is -2.29. The molecule has 0 amide bonds. The van der Waals surface area contributed by atoms with Gasteiger partial charge in [0.2, 0.25) is 0 Å². The molecule has 96 heavy (non-hydrogen) atoms. The first-order valence-corrected chi connectivity index (χ1v) is 34.2. The molecule has 12 fully saturated rings. The van der Waals surface area contributed by atoms with Gasteiger partial charge in [-0.05, 0) is 86.9 Å². The Balaban J connectivity index is 0.766. The Labute approximate surface area is 553 Å². The van der Waals surface area contributed by atoms with Crippen LogP contribution in [0, 0.1) is 52.3 Å². The molecule has 1 spiro atoms. The van der Waals surface area contributed by atoms with Gasteiger partial charge in [0.1, 0.15) is 146 Å². The van der Waals surface area contributed by atoms with Crippen molar-refractivity contribution >= 4 is 5.78 Å². The van der Waals surface area contributed by atoms with Gasteiger partial charge in [-0.25, -0.2) is 0 Å². The minimum absolute atomic E-state index is 0.0599. The van der Waals surface area contributed by atoms with Gasteiger partial charge in [-0.2, -0.15) is 0 Å². The maximum Gasteiger partial charge on any atom is 0.187 e. The van der Waals surface area contributed by atoms with Crippen molar-refractivity contribution in [1.82, 2.24) is 0 Å². The molecule has 12 aliphatic rings. The maximum atomic E-state index is 14.9. The van der Waals surface area contributed by atoms with Crippen LogP contribution in [0.25, 0.3) is 0 Å². The van der Waals surface area contributed by atoms with Gasteiger partial charge in [-0.15, -0.1) is 0 Å². The largest absolute Gasteiger partial charge is 0.394 e. The molecule has 12 rings (SSSR count). The summed E-state index contributed by atoms with van der Waals surface area (Å²) in [4.78, 5) is 14.9. The third-order valence-corrected chi connectivity index (χ3v) is 24.5. The second kappa shape index (κ2) is 29.1. The lowest BCUT2D eigenvalue weighted by Crippen LogP contribution is -2.69. The van der Waals surface area contributed by atoms with E-state index in [1.165, 1.54) is 6.92 Å². The fourth-order valence-electron chi connectivity index (χ4n) is 18.7. The van der Waals surface area contributed by atoms with Gasteiger partial charge in [-0.3, -0.25) is 4.79 Å². The number of aliphatic hydroxyl groups is 18. The van der Waals surface area contributed by atoms with Crippen molar-refractivity contribution in [3.63, 3.8) is 0 Å². The number of aliphatic hydroxyl groups excluding tert-OH is 18. The Morgan fingerprint density at radius 2 is 0.917 bits per heavy atom. The highest BCUT2D eigenvalue weighted by molar-refractivity contribution is 5.87. The summed E-state index contributed by atoms with van der Waals surface area (Å²) in [6.45, 7) is 5.87. The molecule has 0 aromatic rings. The Bertz CT molecular complexity index is 2590. The summed E-state index contributed by atoms with van der Waals surface area (Å²) in [7, 11) is 0. The average Bonchev–Trinajstić information content (AvgIpc) is 1.50. The van der Waals surface area contributed by atoms with E-state index in [-0.39, 0.29) is 46.9 Å². The molecule has 0 aromatic heterocycles. The van der Waals surface area contributed by atoms with Gasteiger partial charge < -0.3 is 158 Å². The van der Waals surface area contributed by atoms with Crippen LogP contribution in [-0.4, -0.2) is 340 Å². The van der Waals surface area contributed by atoms with Gasteiger partial charge in [-0.1, -0.05) is 27.7 Å². The fraction of sp³-hybridized carbons (Fsp3) is 0.984. The number of ether oxygens (including phenoxy) is 14. The van der Waals surface area contributed by atoms with Crippen molar-refractivity contribution in [3.05, 3.63) is 0 Å². The lowest BCUT2D eigenvalue weighted by Gasteiger charge is -2.60. The van der Waals surface area contributed by atoms with E-state index in [9.17, 15) is 96.7 Å². The molecule has 8 saturated heterocycles. The molecule has 4 aliphatic carbocycles. The topological polar surface area (TPSA) is 510 Å².